The topological polar surface area (TPSA) is 206 Å². The Morgan fingerprint density at radius 2 is 1.83 bits per heavy atom. The number of amides is 3. The molecule has 0 spiro atoms. The summed E-state index contributed by atoms with van der Waals surface area (Å²) in [5.41, 5.74) is 16.3. The van der Waals surface area contributed by atoms with Crippen molar-refractivity contribution in [3.05, 3.63) is 0 Å². The van der Waals surface area contributed by atoms with E-state index in [9.17, 15) is 19.2 Å². The van der Waals surface area contributed by atoms with Crippen LogP contribution in [0.2, 0.25) is 0 Å². The highest BCUT2D eigenvalue weighted by molar-refractivity contribution is 5.94. The number of hydrogen-bond donors (Lipinski definition) is 6. The van der Waals surface area contributed by atoms with Gasteiger partial charge >= 0.3 is 5.97 Å². The van der Waals surface area contributed by atoms with Crippen LogP contribution in [0.4, 0.5) is 0 Å². The summed E-state index contributed by atoms with van der Waals surface area (Å²) in [5.74, 6) is -2.64. The highest BCUT2D eigenvalue weighted by Crippen LogP contribution is 2.19. The minimum atomic E-state index is -1.16. The Kier molecular flexibility index (Phi) is 9.32. The molecular formula is C17H31N7O5. The Morgan fingerprint density at radius 1 is 1.17 bits per heavy atom. The fourth-order valence-electron chi connectivity index (χ4n) is 2.96. The van der Waals surface area contributed by atoms with E-state index >= 15 is 0 Å². The van der Waals surface area contributed by atoms with Crippen molar-refractivity contribution < 1.29 is 24.3 Å². The summed E-state index contributed by atoms with van der Waals surface area (Å²) in [4.78, 5) is 53.3. The van der Waals surface area contributed by atoms with E-state index < -0.39 is 47.9 Å². The normalized spacial score (nSPS) is 19.0. The van der Waals surface area contributed by atoms with Crippen molar-refractivity contribution in [1.29, 1.82) is 0 Å². The highest BCUT2D eigenvalue weighted by Gasteiger charge is 2.37. The van der Waals surface area contributed by atoms with E-state index in [1.807, 2.05) is 0 Å². The molecule has 0 radical (unpaired) electrons. The molecule has 0 aromatic rings. The molecule has 0 saturated carbocycles. The molecule has 1 fully saturated rings. The van der Waals surface area contributed by atoms with Crippen molar-refractivity contribution in [2.75, 3.05) is 13.1 Å². The second kappa shape index (κ2) is 11.2. The number of guanidine groups is 1. The molecule has 12 nitrogen and oxygen atoms in total. The Balaban J connectivity index is 2.58. The van der Waals surface area contributed by atoms with E-state index in [0.29, 0.717) is 38.8 Å². The standard InChI is InChI=1S/C17H31N7O5/c1-9(22-13(25)11(18)5-3-7-21-17(19)20)15(27)24-8-4-6-12(24)14(26)23-10(2)16(28)29/h9-12H,3-8,18H2,1-2H3,(H,22,25)(H,23,26)(H,28,29)(H4,19,20,21). The molecule has 0 aromatic heterocycles. The number of carbonyl (C=O) groups excluding carboxylic acids is 3. The van der Waals surface area contributed by atoms with E-state index in [0.717, 1.165) is 0 Å². The van der Waals surface area contributed by atoms with Crippen molar-refractivity contribution in [3.8, 4) is 0 Å². The summed E-state index contributed by atoms with van der Waals surface area (Å²) in [6, 6.07) is -3.53. The van der Waals surface area contributed by atoms with Gasteiger partial charge in [0, 0.05) is 13.1 Å². The summed E-state index contributed by atoms with van der Waals surface area (Å²) in [6.45, 7) is 3.55. The van der Waals surface area contributed by atoms with Crippen LogP contribution in [-0.4, -0.2) is 76.9 Å². The Labute approximate surface area is 169 Å². The van der Waals surface area contributed by atoms with E-state index in [2.05, 4.69) is 15.6 Å². The lowest BCUT2D eigenvalue weighted by Crippen LogP contribution is -2.55. The predicted molar refractivity (Wildman–Crippen MR) is 105 cm³/mol. The first-order valence-corrected chi connectivity index (χ1v) is 9.49. The van der Waals surface area contributed by atoms with Crippen LogP contribution in [0.25, 0.3) is 0 Å². The fourth-order valence-corrected chi connectivity index (χ4v) is 2.96. The molecule has 0 aliphatic carbocycles. The maximum Gasteiger partial charge on any atom is 0.325 e. The number of aliphatic carboxylic acids is 1. The van der Waals surface area contributed by atoms with Crippen LogP contribution in [0.1, 0.15) is 39.5 Å². The largest absolute Gasteiger partial charge is 0.480 e. The number of hydrogen-bond acceptors (Lipinski definition) is 6. The van der Waals surface area contributed by atoms with Crippen LogP contribution >= 0.6 is 0 Å². The van der Waals surface area contributed by atoms with Crippen LogP contribution in [0.3, 0.4) is 0 Å². The molecule has 1 heterocycles. The number of nitrogens with one attached hydrogen (secondary N) is 2. The molecule has 4 atom stereocenters. The zero-order valence-corrected chi connectivity index (χ0v) is 16.8. The monoisotopic (exact) mass is 413 g/mol. The first-order chi connectivity index (χ1) is 13.5. The predicted octanol–water partition coefficient (Wildman–Crippen LogP) is -2.55. The molecule has 0 aromatic carbocycles. The number of carboxylic acid groups (broad SMARTS) is 1. The van der Waals surface area contributed by atoms with Crippen molar-refractivity contribution in [2.24, 2.45) is 22.2 Å². The summed E-state index contributed by atoms with van der Waals surface area (Å²) in [6.07, 6.45) is 1.88. The van der Waals surface area contributed by atoms with Crippen molar-refractivity contribution in [2.45, 2.75) is 63.7 Å². The summed E-state index contributed by atoms with van der Waals surface area (Å²) in [7, 11) is 0. The molecule has 1 rings (SSSR count). The highest BCUT2D eigenvalue weighted by atomic mass is 16.4. The third-order valence-electron chi connectivity index (χ3n) is 4.60. The van der Waals surface area contributed by atoms with Crippen LogP contribution in [0.15, 0.2) is 4.99 Å². The zero-order chi connectivity index (χ0) is 22.1. The van der Waals surface area contributed by atoms with Gasteiger partial charge in [-0.1, -0.05) is 0 Å². The third-order valence-corrected chi connectivity index (χ3v) is 4.60. The molecule has 1 aliphatic heterocycles. The Bertz CT molecular complexity index is 650. The van der Waals surface area contributed by atoms with Crippen LogP contribution in [-0.2, 0) is 19.2 Å². The maximum atomic E-state index is 12.7. The van der Waals surface area contributed by atoms with Gasteiger partial charge in [0.25, 0.3) is 0 Å². The lowest BCUT2D eigenvalue weighted by atomic mass is 10.1. The number of nitrogens with two attached hydrogens (primary N) is 3. The van der Waals surface area contributed by atoms with Crippen molar-refractivity contribution in [1.82, 2.24) is 15.5 Å². The second-order valence-corrected chi connectivity index (χ2v) is 7.04. The smallest absolute Gasteiger partial charge is 0.325 e. The SMILES string of the molecule is CC(NC(=O)C1CCCN1C(=O)C(C)NC(=O)C(N)CCCN=C(N)N)C(=O)O. The minimum absolute atomic E-state index is 0.0378. The first-order valence-electron chi connectivity index (χ1n) is 9.49. The molecule has 1 aliphatic rings. The number of aliphatic imine (C=N–C) groups is 1. The van der Waals surface area contributed by atoms with Crippen molar-refractivity contribution >= 4 is 29.7 Å². The van der Waals surface area contributed by atoms with Crippen LogP contribution in [0.5, 0.6) is 0 Å². The average Bonchev–Trinajstić information content (AvgIpc) is 3.13. The Hall–Kier alpha value is -2.89. The molecule has 0 bridgehead atoms. The molecular weight excluding hydrogens is 382 g/mol. The van der Waals surface area contributed by atoms with Gasteiger partial charge in [0.15, 0.2) is 5.96 Å². The number of carboxylic acids is 1. The molecule has 1 saturated heterocycles. The lowest BCUT2D eigenvalue weighted by molar-refractivity contribution is -0.144. The van der Waals surface area contributed by atoms with Gasteiger partial charge < -0.3 is 37.8 Å². The van der Waals surface area contributed by atoms with Gasteiger partial charge in [-0.2, -0.15) is 0 Å². The van der Waals surface area contributed by atoms with Gasteiger partial charge in [0.05, 0.1) is 6.04 Å². The number of nitrogens with zero attached hydrogens (tertiary/aromatic N) is 2. The summed E-state index contributed by atoms with van der Waals surface area (Å²) >= 11 is 0. The fraction of sp³-hybridized carbons (Fsp3) is 0.706. The molecule has 3 amide bonds. The average molecular weight is 413 g/mol. The second-order valence-electron chi connectivity index (χ2n) is 7.04. The molecule has 164 valence electrons. The first kappa shape index (κ1) is 24.1. The number of likely N-dealkylation sites (tertiary alicyclic amines) is 1. The van der Waals surface area contributed by atoms with Crippen LogP contribution < -0.4 is 27.8 Å². The third kappa shape index (κ3) is 7.56. The van der Waals surface area contributed by atoms with Gasteiger partial charge in [-0.05, 0) is 39.5 Å². The quantitative estimate of drug-likeness (QED) is 0.127. The van der Waals surface area contributed by atoms with Gasteiger partial charge in [-0.15, -0.1) is 0 Å². The maximum absolute atomic E-state index is 12.7. The van der Waals surface area contributed by atoms with Gasteiger partial charge in [0.2, 0.25) is 17.7 Å². The van der Waals surface area contributed by atoms with Crippen LogP contribution in [0, 0.1) is 0 Å². The van der Waals surface area contributed by atoms with E-state index in [1.54, 1.807) is 0 Å². The molecule has 4 unspecified atom stereocenters. The summed E-state index contributed by atoms with van der Waals surface area (Å²) in [5, 5.41) is 13.8. The zero-order valence-electron chi connectivity index (χ0n) is 16.8. The molecule has 29 heavy (non-hydrogen) atoms. The van der Waals surface area contributed by atoms with Crippen molar-refractivity contribution in [3.63, 3.8) is 0 Å². The minimum Gasteiger partial charge on any atom is -0.480 e. The van der Waals surface area contributed by atoms with E-state index in [1.165, 1.54) is 18.7 Å². The lowest BCUT2D eigenvalue weighted by Gasteiger charge is -2.28. The van der Waals surface area contributed by atoms with Gasteiger partial charge in [-0.25, -0.2) is 0 Å². The molecule has 12 heteroatoms. The number of carbonyl (C=O) groups is 4. The van der Waals surface area contributed by atoms with E-state index in [4.69, 9.17) is 22.3 Å². The van der Waals surface area contributed by atoms with E-state index in [-0.39, 0.29) is 5.96 Å². The Morgan fingerprint density at radius 3 is 2.41 bits per heavy atom. The number of rotatable bonds is 10. The molecule has 9 N–H and O–H groups in total. The summed E-state index contributed by atoms with van der Waals surface area (Å²) < 4.78 is 0. The van der Waals surface area contributed by atoms with Gasteiger partial charge in [0.1, 0.15) is 18.1 Å². The van der Waals surface area contributed by atoms with Gasteiger partial charge in [-0.3, -0.25) is 24.2 Å².